The third-order valence-corrected chi connectivity index (χ3v) is 6.03. The molecule has 0 N–H and O–H groups in total. The van der Waals surface area contributed by atoms with Crippen LogP contribution >= 0.6 is 0 Å². The summed E-state index contributed by atoms with van der Waals surface area (Å²) in [5.74, 6) is 0.333. The predicted octanol–water partition coefficient (Wildman–Crippen LogP) is 4.95. The molecule has 3 aromatic rings. The molecule has 1 unspecified atom stereocenters. The zero-order valence-corrected chi connectivity index (χ0v) is 18.5. The molecule has 5 rings (SSSR count). The van der Waals surface area contributed by atoms with Crippen molar-refractivity contribution in [2.45, 2.75) is 25.8 Å². The number of halogens is 1. The van der Waals surface area contributed by atoms with Crippen LogP contribution in [0.5, 0.6) is 5.75 Å². The molecule has 1 aromatic heterocycles. The van der Waals surface area contributed by atoms with Gasteiger partial charge in [-0.05, 0) is 61.2 Å². The van der Waals surface area contributed by atoms with E-state index >= 15 is 0 Å². The number of ether oxygens (including phenoxy) is 2. The number of imidazole rings is 1. The number of aryl methyl sites for hydroxylation is 1. The SMILES string of the molecule is COc1cc(/C=C2\CCC3=COCC(c4ccc(F)cc4)N3C2=O)ccc1-n1cnc(C)c1. The highest BCUT2D eigenvalue weighted by Crippen LogP contribution is 2.38. The number of nitrogens with zero attached hydrogens (tertiary/aromatic N) is 3. The van der Waals surface area contributed by atoms with E-state index in [1.165, 1.54) is 12.1 Å². The molecule has 1 atom stereocenters. The van der Waals surface area contributed by atoms with Gasteiger partial charge in [0.05, 0.1) is 36.6 Å². The van der Waals surface area contributed by atoms with Crippen LogP contribution in [0.2, 0.25) is 0 Å². The van der Waals surface area contributed by atoms with E-state index in [1.54, 1.807) is 36.7 Å². The summed E-state index contributed by atoms with van der Waals surface area (Å²) >= 11 is 0. The lowest BCUT2D eigenvalue weighted by atomic mass is 9.94. The summed E-state index contributed by atoms with van der Waals surface area (Å²) in [4.78, 5) is 19.6. The van der Waals surface area contributed by atoms with Gasteiger partial charge in [0, 0.05) is 11.8 Å². The van der Waals surface area contributed by atoms with E-state index in [4.69, 9.17) is 9.47 Å². The molecule has 0 radical (unpaired) electrons. The minimum Gasteiger partial charge on any atom is -0.497 e. The van der Waals surface area contributed by atoms with Crippen LogP contribution in [-0.4, -0.2) is 34.1 Å². The van der Waals surface area contributed by atoms with Crippen LogP contribution in [0.15, 0.2) is 72.5 Å². The first-order valence-corrected chi connectivity index (χ1v) is 10.8. The molecule has 0 spiro atoms. The van der Waals surface area contributed by atoms with Gasteiger partial charge in [-0.2, -0.15) is 0 Å². The van der Waals surface area contributed by atoms with Gasteiger partial charge in [0.15, 0.2) is 0 Å². The molecule has 3 heterocycles. The molecule has 2 aromatic carbocycles. The van der Waals surface area contributed by atoms with Crippen LogP contribution in [0.3, 0.4) is 0 Å². The van der Waals surface area contributed by atoms with Crippen molar-refractivity contribution in [1.29, 1.82) is 0 Å². The number of hydrogen-bond acceptors (Lipinski definition) is 4. The molecule has 2 aliphatic heterocycles. The molecule has 33 heavy (non-hydrogen) atoms. The molecular weight excluding hydrogens is 421 g/mol. The molecule has 0 aliphatic carbocycles. The van der Waals surface area contributed by atoms with E-state index in [1.807, 2.05) is 42.0 Å². The van der Waals surface area contributed by atoms with Crippen molar-refractivity contribution < 1.29 is 18.7 Å². The Morgan fingerprint density at radius 3 is 2.73 bits per heavy atom. The smallest absolute Gasteiger partial charge is 0.254 e. The molecule has 7 heteroatoms. The van der Waals surface area contributed by atoms with Crippen molar-refractivity contribution in [2.24, 2.45) is 0 Å². The second kappa shape index (κ2) is 8.58. The maximum absolute atomic E-state index is 13.5. The highest BCUT2D eigenvalue weighted by molar-refractivity contribution is 6.00. The number of amides is 1. The summed E-state index contributed by atoms with van der Waals surface area (Å²) in [5.41, 5.74) is 5.09. The second-order valence-corrected chi connectivity index (χ2v) is 8.21. The maximum Gasteiger partial charge on any atom is 0.254 e. The van der Waals surface area contributed by atoms with Gasteiger partial charge in [-0.3, -0.25) is 9.69 Å². The second-order valence-electron chi connectivity index (χ2n) is 8.21. The fraction of sp³-hybridized carbons (Fsp3) is 0.231. The highest BCUT2D eigenvalue weighted by Gasteiger charge is 2.36. The molecule has 1 amide bonds. The summed E-state index contributed by atoms with van der Waals surface area (Å²) in [7, 11) is 1.63. The van der Waals surface area contributed by atoms with Crippen molar-refractivity contribution in [3.05, 3.63) is 95.2 Å². The molecule has 168 valence electrons. The Bertz CT molecular complexity index is 1260. The van der Waals surface area contributed by atoms with Gasteiger partial charge in [0.2, 0.25) is 0 Å². The van der Waals surface area contributed by atoms with E-state index < -0.39 is 0 Å². The molecule has 0 saturated carbocycles. The summed E-state index contributed by atoms with van der Waals surface area (Å²) in [6.07, 6.45) is 8.58. The molecule has 1 fully saturated rings. The van der Waals surface area contributed by atoms with Crippen molar-refractivity contribution in [1.82, 2.24) is 14.5 Å². The van der Waals surface area contributed by atoms with E-state index in [0.29, 0.717) is 25.2 Å². The van der Waals surface area contributed by atoms with Crippen LogP contribution in [-0.2, 0) is 9.53 Å². The van der Waals surface area contributed by atoms with Crippen molar-refractivity contribution >= 4 is 12.0 Å². The number of piperidine rings is 1. The number of rotatable bonds is 4. The lowest BCUT2D eigenvalue weighted by Gasteiger charge is -2.40. The van der Waals surface area contributed by atoms with Crippen molar-refractivity contribution in [2.75, 3.05) is 13.7 Å². The normalized spacial score (nSPS) is 19.2. The van der Waals surface area contributed by atoms with Gasteiger partial charge in [-0.15, -0.1) is 0 Å². The van der Waals surface area contributed by atoms with Crippen molar-refractivity contribution in [3.63, 3.8) is 0 Å². The average Bonchev–Trinajstić information content (AvgIpc) is 3.27. The molecule has 1 saturated heterocycles. The Morgan fingerprint density at radius 2 is 2.00 bits per heavy atom. The lowest BCUT2D eigenvalue weighted by molar-refractivity contribution is -0.130. The number of allylic oxidation sites excluding steroid dienone is 1. The quantitative estimate of drug-likeness (QED) is 0.534. The van der Waals surface area contributed by atoms with Gasteiger partial charge in [-0.1, -0.05) is 18.2 Å². The van der Waals surface area contributed by atoms with E-state index in [9.17, 15) is 9.18 Å². The standard InChI is InChI=1S/C26H24FN3O3/c1-17-13-29(16-28-17)23-10-3-18(12-25(23)32-2)11-20-6-9-22-14-33-15-24(30(22)26(20)31)19-4-7-21(27)8-5-19/h3-5,7-8,10-14,16,24H,6,9,15H2,1-2H3/b20-11+. The molecule has 2 aliphatic rings. The number of hydrogen-bond donors (Lipinski definition) is 0. The Kier molecular flexibility index (Phi) is 5.46. The van der Waals surface area contributed by atoms with E-state index in [0.717, 1.165) is 33.8 Å². The third kappa shape index (κ3) is 4.02. The average molecular weight is 445 g/mol. The highest BCUT2D eigenvalue weighted by atomic mass is 19.1. The fourth-order valence-electron chi connectivity index (χ4n) is 4.36. The predicted molar refractivity (Wildman–Crippen MR) is 122 cm³/mol. The van der Waals surface area contributed by atoms with E-state index in [2.05, 4.69) is 4.98 Å². The van der Waals surface area contributed by atoms with Gasteiger partial charge in [0.1, 0.15) is 24.4 Å². The van der Waals surface area contributed by atoms with Crippen molar-refractivity contribution in [3.8, 4) is 11.4 Å². The van der Waals surface area contributed by atoms with Gasteiger partial charge >= 0.3 is 0 Å². The molecular formula is C26H24FN3O3. The Labute approximate surface area is 191 Å². The van der Waals surface area contributed by atoms with Crippen LogP contribution < -0.4 is 4.74 Å². The first-order chi connectivity index (χ1) is 16.0. The number of carbonyl (C=O) groups is 1. The number of fused-ring (bicyclic) bond motifs is 1. The topological polar surface area (TPSA) is 56.6 Å². The fourth-order valence-corrected chi connectivity index (χ4v) is 4.36. The lowest BCUT2D eigenvalue weighted by Crippen LogP contribution is -2.42. The molecule has 6 nitrogen and oxygen atoms in total. The zero-order chi connectivity index (χ0) is 22.9. The largest absolute Gasteiger partial charge is 0.497 e. The van der Waals surface area contributed by atoms with Crippen LogP contribution in [0.1, 0.15) is 35.7 Å². The monoisotopic (exact) mass is 445 g/mol. The summed E-state index contributed by atoms with van der Waals surface area (Å²) in [6, 6.07) is 11.8. The summed E-state index contributed by atoms with van der Waals surface area (Å²) in [6.45, 7) is 2.27. The van der Waals surface area contributed by atoms with Crippen LogP contribution in [0.4, 0.5) is 4.39 Å². The Morgan fingerprint density at radius 1 is 1.18 bits per heavy atom. The van der Waals surface area contributed by atoms with Crippen LogP contribution in [0.25, 0.3) is 11.8 Å². The minimum absolute atomic E-state index is 0.0570. The number of carbonyl (C=O) groups excluding carboxylic acids is 1. The Hall–Kier alpha value is -3.87. The number of aromatic nitrogens is 2. The van der Waals surface area contributed by atoms with Gasteiger partial charge in [0.25, 0.3) is 5.91 Å². The minimum atomic E-state index is -0.306. The van der Waals surface area contributed by atoms with Gasteiger partial charge in [-0.25, -0.2) is 9.37 Å². The summed E-state index contributed by atoms with van der Waals surface area (Å²) < 4.78 is 26.6. The van der Waals surface area contributed by atoms with Crippen LogP contribution in [0, 0.1) is 12.7 Å². The zero-order valence-electron chi connectivity index (χ0n) is 18.5. The van der Waals surface area contributed by atoms with Gasteiger partial charge < -0.3 is 14.0 Å². The molecule has 0 bridgehead atoms. The summed E-state index contributed by atoms with van der Waals surface area (Å²) in [5, 5.41) is 0. The Balaban J connectivity index is 1.46. The first kappa shape index (κ1) is 21.0. The third-order valence-electron chi connectivity index (χ3n) is 6.03. The number of methoxy groups -OCH3 is 1. The number of benzene rings is 2. The maximum atomic E-state index is 13.5. The first-order valence-electron chi connectivity index (χ1n) is 10.8. The van der Waals surface area contributed by atoms with E-state index in [-0.39, 0.29) is 17.8 Å².